The summed E-state index contributed by atoms with van der Waals surface area (Å²) in [4.78, 5) is 11.9. The quantitative estimate of drug-likeness (QED) is 0.625. The maximum absolute atomic E-state index is 10.8. The molecule has 3 N–H and O–H groups in total. The molecule has 0 radical (unpaired) electrons. The van der Waals surface area contributed by atoms with Crippen molar-refractivity contribution in [3.05, 3.63) is 23.3 Å². The lowest BCUT2D eigenvalue weighted by molar-refractivity contribution is -0.118. The molecule has 0 aliphatic heterocycles. The van der Waals surface area contributed by atoms with E-state index in [4.69, 9.17) is 5.73 Å². The first-order valence-corrected chi connectivity index (χ1v) is 8.70. The Morgan fingerprint density at radius 2 is 1.55 bits per heavy atom. The lowest BCUT2D eigenvalue weighted by Gasteiger charge is -2.28. The average molecular weight is 324 g/mol. The van der Waals surface area contributed by atoms with E-state index in [1.807, 2.05) is 0 Å². The SMILES string of the molecule is CC(C)(C)c1cc(SCCCC(N)=O)cc(C(C)(C)C)c1O. The summed E-state index contributed by atoms with van der Waals surface area (Å²) in [6.07, 6.45) is 1.19. The summed E-state index contributed by atoms with van der Waals surface area (Å²) in [7, 11) is 0. The minimum atomic E-state index is -0.253. The van der Waals surface area contributed by atoms with Gasteiger partial charge >= 0.3 is 0 Å². The first-order valence-electron chi connectivity index (χ1n) is 7.72. The summed E-state index contributed by atoms with van der Waals surface area (Å²) in [6.45, 7) is 12.6. The number of benzene rings is 1. The van der Waals surface area contributed by atoms with Crippen LogP contribution in [0.5, 0.6) is 5.75 Å². The van der Waals surface area contributed by atoms with Crippen molar-refractivity contribution in [2.75, 3.05) is 5.75 Å². The highest BCUT2D eigenvalue weighted by Crippen LogP contribution is 2.41. The summed E-state index contributed by atoms with van der Waals surface area (Å²) < 4.78 is 0. The molecule has 1 aromatic rings. The van der Waals surface area contributed by atoms with Gasteiger partial charge in [-0.25, -0.2) is 0 Å². The molecule has 1 rings (SSSR count). The maximum atomic E-state index is 10.8. The van der Waals surface area contributed by atoms with Crippen LogP contribution in [0.25, 0.3) is 0 Å². The fourth-order valence-corrected chi connectivity index (χ4v) is 3.20. The standard InChI is InChI=1S/C18H29NO2S/c1-17(2,3)13-10-12(22-9-7-8-15(19)20)11-14(16(13)21)18(4,5)6/h10-11,21H,7-9H2,1-6H3,(H2,19,20). The van der Waals surface area contributed by atoms with Crippen molar-refractivity contribution in [1.29, 1.82) is 0 Å². The van der Waals surface area contributed by atoms with Gasteiger partial charge in [0.25, 0.3) is 0 Å². The van der Waals surface area contributed by atoms with Crippen molar-refractivity contribution in [2.24, 2.45) is 5.73 Å². The Labute approximate surface area is 138 Å². The molecule has 0 fully saturated rings. The van der Waals surface area contributed by atoms with Crippen LogP contribution in [-0.2, 0) is 15.6 Å². The van der Waals surface area contributed by atoms with Crippen LogP contribution < -0.4 is 5.73 Å². The zero-order chi connectivity index (χ0) is 17.1. The molecule has 1 aromatic carbocycles. The van der Waals surface area contributed by atoms with Gasteiger partial charge in [0.15, 0.2) is 0 Å². The topological polar surface area (TPSA) is 63.3 Å². The van der Waals surface area contributed by atoms with Crippen molar-refractivity contribution in [3.63, 3.8) is 0 Å². The number of amides is 1. The first-order chi connectivity index (χ1) is 9.93. The summed E-state index contributed by atoms with van der Waals surface area (Å²) in [5, 5.41) is 10.7. The second-order valence-corrected chi connectivity index (χ2v) is 8.95. The summed E-state index contributed by atoms with van der Waals surface area (Å²) in [6, 6.07) is 4.14. The third-order valence-corrected chi connectivity index (χ3v) is 4.60. The van der Waals surface area contributed by atoms with Gasteiger partial charge in [0, 0.05) is 22.4 Å². The van der Waals surface area contributed by atoms with Crippen LogP contribution in [0.4, 0.5) is 0 Å². The fraction of sp³-hybridized carbons (Fsp3) is 0.611. The van der Waals surface area contributed by atoms with Gasteiger partial charge in [0.2, 0.25) is 5.91 Å². The zero-order valence-electron chi connectivity index (χ0n) is 14.6. The van der Waals surface area contributed by atoms with Gasteiger partial charge in [-0.05, 0) is 35.1 Å². The third-order valence-electron chi connectivity index (χ3n) is 3.54. The van der Waals surface area contributed by atoms with Crippen molar-refractivity contribution in [2.45, 2.75) is 70.1 Å². The number of carbonyl (C=O) groups is 1. The molecule has 1 amide bonds. The number of phenolic OH excluding ortho intramolecular Hbond substituents is 1. The monoisotopic (exact) mass is 323 g/mol. The van der Waals surface area contributed by atoms with Crippen LogP contribution in [0.2, 0.25) is 0 Å². The van der Waals surface area contributed by atoms with E-state index >= 15 is 0 Å². The molecule has 0 aromatic heterocycles. The van der Waals surface area contributed by atoms with Crippen LogP contribution in [-0.4, -0.2) is 16.8 Å². The predicted molar refractivity (Wildman–Crippen MR) is 94.7 cm³/mol. The van der Waals surface area contributed by atoms with Gasteiger partial charge in [0.05, 0.1) is 0 Å². The summed E-state index contributed by atoms with van der Waals surface area (Å²) in [5.41, 5.74) is 6.88. The molecule has 0 heterocycles. The van der Waals surface area contributed by atoms with Gasteiger partial charge in [-0.3, -0.25) is 4.79 Å². The van der Waals surface area contributed by atoms with Crippen LogP contribution in [0.1, 0.15) is 65.5 Å². The number of phenols is 1. The van der Waals surface area contributed by atoms with Gasteiger partial charge in [0.1, 0.15) is 5.75 Å². The Morgan fingerprint density at radius 3 is 1.91 bits per heavy atom. The van der Waals surface area contributed by atoms with Crippen molar-refractivity contribution in [1.82, 2.24) is 0 Å². The van der Waals surface area contributed by atoms with Gasteiger partial charge in [-0.15, -0.1) is 11.8 Å². The number of hydrogen-bond acceptors (Lipinski definition) is 3. The summed E-state index contributed by atoms with van der Waals surface area (Å²) >= 11 is 1.71. The van der Waals surface area contributed by atoms with Gasteiger partial charge in [-0.1, -0.05) is 41.5 Å². The Kier molecular flexibility index (Phi) is 5.96. The first kappa shape index (κ1) is 18.9. The Balaban J connectivity index is 3.10. The molecule has 0 bridgehead atoms. The molecule has 0 spiro atoms. The van der Waals surface area contributed by atoms with E-state index in [9.17, 15) is 9.90 Å². The highest BCUT2D eigenvalue weighted by Gasteiger charge is 2.26. The molecular formula is C18H29NO2S. The normalized spacial score (nSPS) is 12.5. The highest BCUT2D eigenvalue weighted by atomic mass is 32.2. The smallest absolute Gasteiger partial charge is 0.217 e. The molecule has 0 aliphatic rings. The number of nitrogens with two attached hydrogens (primary N) is 1. The van der Waals surface area contributed by atoms with Crippen molar-refractivity contribution in [3.8, 4) is 5.75 Å². The number of thioether (sulfide) groups is 1. The van der Waals surface area contributed by atoms with Crippen LogP contribution in [0, 0.1) is 0 Å². The van der Waals surface area contributed by atoms with E-state index in [-0.39, 0.29) is 16.7 Å². The molecule has 0 atom stereocenters. The van der Waals surface area contributed by atoms with E-state index in [0.29, 0.717) is 12.2 Å². The largest absolute Gasteiger partial charge is 0.507 e. The molecule has 0 aliphatic carbocycles. The van der Waals surface area contributed by atoms with E-state index in [2.05, 4.69) is 53.7 Å². The Hall–Kier alpha value is -1.16. The second kappa shape index (κ2) is 6.95. The molecule has 4 heteroatoms. The number of hydrogen-bond donors (Lipinski definition) is 2. The molecular weight excluding hydrogens is 294 g/mol. The number of rotatable bonds is 5. The Bertz CT molecular complexity index is 504. The van der Waals surface area contributed by atoms with Gasteiger partial charge in [-0.2, -0.15) is 0 Å². The lowest BCUT2D eigenvalue weighted by Crippen LogP contribution is -2.17. The molecule has 124 valence electrons. The third kappa shape index (κ3) is 5.24. The predicted octanol–water partition coefficient (Wildman–Crippen LogP) is 4.34. The van der Waals surface area contributed by atoms with E-state index < -0.39 is 0 Å². The van der Waals surface area contributed by atoms with Gasteiger partial charge < -0.3 is 10.8 Å². The average Bonchev–Trinajstić information content (AvgIpc) is 2.33. The molecule has 3 nitrogen and oxygen atoms in total. The van der Waals surface area contributed by atoms with E-state index in [1.54, 1.807) is 11.8 Å². The minimum Gasteiger partial charge on any atom is -0.507 e. The molecule has 0 saturated heterocycles. The number of aromatic hydroxyl groups is 1. The van der Waals surface area contributed by atoms with Crippen LogP contribution in [0.15, 0.2) is 17.0 Å². The Morgan fingerprint density at radius 1 is 1.09 bits per heavy atom. The fourth-order valence-electron chi connectivity index (χ4n) is 2.27. The lowest BCUT2D eigenvalue weighted by atomic mass is 9.79. The highest BCUT2D eigenvalue weighted by molar-refractivity contribution is 7.99. The van der Waals surface area contributed by atoms with E-state index in [0.717, 1.165) is 28.2 Å². The number of carbonyl (C=O) groups excluding carboxylic acids is 1. The van der Waals surface area contributed by atoms with Crippen molar-refractivity contribution >= 4 is 17.7 Å². The molecule has 22 heavy (non-hydrogen) atoms. The maximum Gasteiger partial charge on any atom is 0.217 e. The van der Waals surface area contributed by atoms with Crippen molar-refractivity contribution < 1.29 is 9.90 Å². The second-order valence-electron chi connectivity index (χ2n) is 7.79. The number of primary amides is 1. The minimum absolute atomic E-state index is 0.117. The molecule has 0 saturated carbocycles. The zero-order valence-corrected chi connectivity index (χ0v) is 15.4. The summed E-state index contributed by atoms with van der Waals surface area (Å²) in [5.74, 6) is 1.000. The van der Waals surface area contributed by atoms with Crippen LogP contribution >= 0.6 is 11.8 Å². The molecule has 0 unspecified atom stereocenters. The van der Waals surface area contributed by atoms with Crippen LogP contribution in [0.3, 0.4) is 0 Å². The van der Waals surface area contributed by atoms with E-state index in [1.165, 1.54) is 0 Å².